The summed E-state index contributed by atoms with van der Waals surface area (Å²) in [6.45, 7) is 2.10. The maximum absolute atomic E-state index is 5.13. The molecule has 5 rings (SSSR count). The van der Waals surface area contributed by atoms with Gasteiger partial charge in [-0.1, -0.05) is 46.3 Å². The highest BCUT2D eigenvalue weighted by Crippen LogP contribution is 2.38. The molecule has 4 heteroatoms. The Morgan fingerprint density at radius 2 is 1.65 bits per heavy atom. The number of benzene rings is 2. The zero-order valence-electron chi connectivity index (χ0n) is 14.5. The van der Waals surface area contributed by atoms with Gasteiger partial charge in [-0.2, -0.15) is 5.10 Å². The summed E-state index contributed by atoms with van der Waals surface area (Å²) in [5, 5.41) is 6.07. The average Bonchev–Trinajstić information content (AvgIpc) is 3.27. The minimum Gasteiger partial charge on any atom is -0.228 e. The van der Waals surface area contributed by atoms with Gasteiger partial charge in [-0.25, -0.2) is 9.67 Å². The van der Waals surface area contributed by atoms with Crippen molar-refractivity contribution in [1.82, 2.24) is 14.8 Å². The van der Waals surface area contributed by atoms with Crippen molar-refractivity contribution in [3.63, 3.8) is 0 Å². The fraction of sp³-hybridized carbons (Fsp3) is 0.182. The lowest BCUT2D eigenvalue weighted by Crippen LogP contribution is -2.00. The Kier molecular flexibility index (Phi) is 3.68. The number of hydrogen-bond acceptors (Lipinski definition) is 2. The van der Waals surface area contributed by atoms with Crippen LogP contribution in [0, 0.1) is 6.92 Å². The number of rotatable bonds is 2. The lowest BCUT2D eigenvalue weighted by atomic mass is 10.00. The summed E-state index contributed by atoms with van der Waals surface area (Å²) in [7, 11) is 0. The maximum atomic E-state index is 5.13. The smallest absolute Gasteiger partial charge is 0.164 e. The number of hydrogen-bond donors (Lipinski definition) is 0. The molecule has 26 heavy (non-hydrogen) atoms. The van der Waals surface area contributed by atoms with E-state index in [2.05, 4.69) is 59.3 Å². The number of nitrogens with zero attached hydrogens (tertiary/aromatic N) is 3. The molecule has 0 unspecified atom stereocenters. The number of halogens is 1. The second kappa shape index (κ2) is 6.06. The molecule has 1 aliphatic carbocycles. The van der Waals surface area contributed by atoms with Gasteiger partial charge >= 0.3 is 0 Å². The van der Waals surface area contributed by atoms with Crippen LogP contribution in [-0.4, -0.2) is 14.8 Å². The highest BCUT2D eigenvalue weighted by atomic mass is 79.9. The summed E-state index contributed by atoms with van der Waals surface area (Å²) in [6, 6.07) is 18.7. The first-order valence-corrected chi connectivity index (χ1v) is 9.74. The van der Waals surface area contributed by atoms with Crippen LogP contribution in [0.15, 0.2) is 59.1 Å². The molecule has 0 saturated carbocycles. The monoisotopic (exact) mass is 403 g/mol. The number of aryl methyl sites for hydroxylation is 2. The molecule has 2 aromatic heterocycles. The average molecular weight is 404 g/mol. The molecule has 2 heterocycles. The van der Waals surface area contributed by atoms with Crippen LogP contribution in [-0.2, 0) is 12.8 Å². The van der Waals surface area contributed by atoms with E-state index in [0.717, 1.165) is 40.0 Å². The van der Waals surface area contributed by atoms with Gasteiger partial charge in [0.05, 0.1) is 17.1 Å². The quantitative estimate of drug-likeness (QED) is 0.433. The SMILES string of the molecule is Cc1nn(-c2ccccc2)c2nc(-c3ccc(Br)cc3)c3c(c12)CCC3. The second-order valence-electron chi connectivity index (χ2n) is 6.81. The van der Waals surface area contributed by atoms with Crippen molar-refractivity contribution >= 4 is 27.0 Å². The van der Waals surface area contributed by atoms with E-state index in [1.807, 2.05) is 22.9 Å². The molecule has 0 aliphatic heterocycles. The van der Waals surface area contributed by atoms with Gasteiger partial charge in [0.15, 0.2) is 5.65 Å². The Labute approximate surface area is 160 Å². The van der Waals surface area contributed by atoms with E-state index in [-0.39, 0.29) is 0 Å². The van der Waals surface area contributed by atoms with Crippen molar-refractivity contribution in [3.05, 3.63) is 75.9 Å². The number of pyridine rings is 1. The van der Waals surface area contributed by atoms with E-state index in [1.165, 1.54) is 28.5 Å². The molecule has 128 valence electrons. The van der Waals surface area contributed by atoms with Crippen molar-refractivity contribution in [3.8, 4) is 16.9 Å². The number of aromatic nitrogens is 3. The third-order valence-corrected chi connectivity index (χ3v) is 5.71. The van der Waals surface area contributed by atoms with E-state index in [0.29, 0.717) is 0 Å². The van der Waals surface area contributed by atoms with Crippen LogP contribution >= 0.6 is 15.9 Å². The third-order valence-electron chi connectivity index (χ3n) is 5.18. The zero-order valence-corrected chi connectivity index (χ0v) is 16.1. The van der Waals surface area contributed by atoms with Crippen LogP contribution in [0.5, 0.6) is 0 Å². The van der Waals surface area contributed by atoms with Crippen LogP contribution in [0.25, 0.3) is 28.0 Å². The van der Waals surface area contributed by atoms with Crippen LogP contribution in [0.1, 0.15) is 23.2 Å². The van der Waals surface area contributed by atoms with Gasteiger partial charge < -0.3 is 0 Å². The van der Waals surface area contributed by atoms with E-state index < -0.39 is 0 Å². The Morgan fingerprint density at radius 1 is 0.923 bits per heavy atom. The van der Waals surface area contributed by atoms with Crippen LogP contribution < -0.4 is 0 Å². The molecule has 0 amide bonds. The van der Waals surface area contributed by atoms with Gasteiger partial charge in [-0.05, 0) is 61.6 Å². The molecular formula is C22H18BrN3. The normalized spacial score (nSPS) is 13.3. The first kappa shape index (κ1) is 15.8. The highest BCUT2D eigenvalue weighted by molar-refractivity contribution is 9.10. The first-order valence-electron chi connectivity index (χ1n) is 8.95. The third kappa shape index (κ3) is 2.40. The van der Waals surface area contributed by atoms with Crippen molar-refractivity contribution < 1.29 is 0 Å². The molecule has 2 aromatic carbocycles. The highest BCUT2D eigenvalue weighted by Gasteiger charge is 2.24. The van der Waals surface area contributed by atoms with E-state index in [9.17, 15) is 0 Å². The second-order valence-corrected chi connectivity index (χ2v) is 7.73. The first-order chi connectivity index (χ1) is 12.7. The van der Waals surface area contributed by atoms with Crippen LogP contribution in [0.2, 0.25) is 0 Å². The van der Waals surface area contributed by atoms with Crippen LogP contribution in [0.4, 0.5) is 0 Å². The molecule has 1 aliphatic rings. The van der Waals surface area contributed by atoms with E-state index in [1.54, 1.807) is 0 Å². The van der Waals surface area contributed by atoms with Gasteiger partial charge in [0, 0.05) is 15.4 Å². The number of para-hydroxylation sites is 1. The van der Waals surface area contributed by atoms with Gasteiger partial charge in [0.25, 0.3) is 0 Å². The Balaban J connectivity index is 1.83. The Morgan fingerprint density at radius 3 is 2.42 bits per heavy atom. The van der Waals surface area contributed by atoms with Crippen molar-refractivity contribution in [2.75, 3.05) is 0 Å². The largest absolute Gasteiger partial charge is 0.228 e. The summed E-state index contributed by atoms with van der Waals surface area (Å²) < 4.78 is 3.08. The summed E-state index contributed by atoms with van der Waals surface area (Å²) in [5.41, 5.74) is 8.20. The zero-order chi connectivity index (χ0) is 17.7. The topological polar surface area (TPSA) is 30.7 Å². The summed E-state index contributed by atoms with van der Waals surface area (Å²) in [5.74, 6) is 0. The maximum Gasteiger partial charge on any atom is 0.164 e. The van der Waals surface area contributed by atoms with Gasteiger partial charge in [-0.3, -0.25) is 0 Å². The molecule has 0 saturated heterocycles. The van der Waals surface area contributed by atoms with Gasteiger partial charge in [-0.15, -0.1) is 0 Å². The molecule has 0 fully saturated rings. The summed E-state index contributed by atoms with van der Waals surface area (Å²) in [6.07, 6.45) is 3.40. The summed E-state index contributed by atoms with van der Waals surface area (Å²) in [4.78, 5) is 5.13. The van der Waals surface area contributed by atoms with Gasteiger partial charge in [0.1, 0.15) is 0 Å². The van der Waals surface area contributed by atoms with Crippen molar-refractivity contribution in [2.24, 2.45) is 0 Å². The fourth-order valence-corrected chi connectivity index (χ4v) is 4.29. The predicted octanol–water partition coefficient (Wildman–Crippen LogP) is 5.65. The van der Waals surface area contributed by atoms with Crippen LogP contribution in [0.3, 0.4) is 0 Å². The molecule has 4 aromatic rings. The molecule has 0 spiro atoms. The molecule has 0 atom stereocenters. The minimum absolute atomic E-state index is 0.965. The summed E-state index contributed by atoms with van der Waals surface area (Å²) >= 11 is 3.53. The standard InChI is InChI=1S/C22H18BrN3/c1-14-20-18-8-5-9-19(18)21(15-10-12-16(23)13-11-15)24-22(20)26(25-14)17-6-3-2-4-7-17/h2-4,6-7,10-13H,5,8-9H2,1H3. The minimum atomic E-state index is 0.965. The molecular weight excluding hydrogens is 386 g/mol. The molecule has 0 bridgehead atoms. The number of fused-ring (bicyclic) bond motifs is 3. The van der Waals surface area contributed by atoms with Crippen molar-refractivity contribution in [1.29, 1.82) is 0 Å². The molecule has 0 N–H and O–H groups in total. The lowest BCUT2D eigenvalue weighted by Gasteiger charge is -2.11. The predicted molar refractivity (Wildman–Crippen MR) is 109 cm³/mol. The van der Waals surface area contributed by atoms with Crippen molar-refractivity contribution in [2.45, 2.75) is 26.2 Å². The molecule has 3 nitrogen and oxygen atoms in total. The fourth-order valence-electron chi connectivity index (χ4n) is 4.02. The van der Waals surface area contributed by atoms with E-state index >= 15 is 0 Å². The lowest BCUT2D eigenvalue weighted by molar-refractivity contribution is 0.876. The van der Waals surface area contributed by atoms with E-state index in [4.69, 9.17) is 10.1 Å². The molecule has 0 radical (unpaired) electrons. The Hall–Kier alpha value is -2.46. The Bertz CT molecular complexity index is 1110. The van der Waals surface area contributed by atoms with Gasteiger partial charge in [0.2, 0.25) is 0 Å².